The summed E-state index contributed by atoms with van der Waals surface area (Å²) < 4.78 is 4.29. The molecule has 0 spiro atoms. The molecule has 0 saturated carbocycles. The lowest BCUT2D eigenvalue weighted by molar-refractivity contribution is 0.0947. The van der Waals surface area contributed by atoms with Crippen LogP contribution in [-0.4, -0.2) is 50.2 Å². The number of hydrogen-bond donors (Lipinski definition) is 0. The number of anilines is 2. The van der Waals surface area contributed by atoms with E-state index in [4.69, 9.17) is 0 Å². The summed E-state index contributed by atoms with van der Waals surface area (Å²) in [4.78, 5) is 45.5. The summed E-state index contributed by atoms with van der Waals surface area (Å²) in [6, 6.07) is 12.0. The van der Waals surface area contributed by atoms with Crippen molar-refractivity contribution in [2.45, 2.75) is 6.92 Å². The Bertz CT molecular complexity index is 1550. The van der Waals surface area contributed by atoms with E-state index in [1.165, 1.54) is 34.8 Å². The molecule has 1 aliphatic rings. The summed E-state index contributed by atoms with van der Waals surface area (Å²) in [6.45, 7) is 1.76. The Kier molecular flexibility index (Phi) is 5.12. The van der Waals surface area contributed by atoms with Gasteiger partial charge in [0.1, 0.15) is 0 Å². The maximum absolute atomic E-state index is 13.2. The van der Waals surface area contributed by atoms with Crippen LogP contribution in [0.4, 0.5) is 27.8 Å². The minimum Gasteiger partial charge on any atom is -0.283 e. The molecular formula is C23H21N9O3. The summed E-state index contributed by atoms with van der Waals surface area (Å²) in [6.07, 6.45) is 2.97. The topological polar surface area (TPSA) is 123 Å². The molecule has 12 nitrogen and oxygen atoms in total. The molecule has 176 valence electrons. The normalized spacial score (nSPS) is 13.2. The number of urea groups is 1. The van der Waals surface area contributed by atoms with Crippen LogP contribution in [0.15, 0.2) is 69.9 Å². The van der Waals surface area contributed by atoms with E-state index in [-0.39, 0.29) is 34.6 Å². The number of hydrogen-bond acceptors (Lipinski definition) is 7. The average molecular weight is 471 g/mol. The van der Waals surface area contributed by atoms with E-state index in [0.717, 1.165) is 4.68 Å². The number of para-hydroxylation sites is 1. The predicted octanol–water partition coefficient (Wildman–Crippen LogP) is 3.19. The minimum absolute atomic E-state index is 0.136. The van der Waals surface area contributed by atoms with Gasteiger partial charge in [0.2, 0.25) is 0 Å². The molecular weight excluding hydrogens is 450 g/mol. The van der Waals surface area contributed by atoms with Gasteiger partial charge < -0.3 is 0 Å². The highest BCUT2D eigenvalue weighted by atomic mass is 16.2. The Balaban J connectivity index is 1.63. The average Bonchev–Trinajstić information content (AvgIpc) is 3.33. The number of benzene rings is 1. The van der Waals surface area contributed by atoms with E-state index in [1.807, 2.05) is 30.3 Å². The Morgan fingerprint density at radius 3 is 2.31 bits per heavy atom. The second kappa shape index (κ2) is 8.17. The van der Waals surface area contributed by atoms with Crippen LogP contribution in [-0.2, 0) is 7.05 Å². The van der Waals surface area contributed by atoms with Gasteiger partial charge in [-0.05, 0) is 31.2 Å². The predicted molar refractivity (Wildman–Crippen MR) is 128 cm³/mol. The van der Waals surface area contributed by atoms with Gasteiger partial charge in [-0.2, -0.15) is 4.68 Å². The zero-order valence-corrected chi connectivity index (χ0v) is 19.4. The molecule has 0 saturated heterocycles. The number of nitrogens with zero attached hydrogens (tertiary/aromatic N) is 9. The Hall–Kier alpha value is -4.87. The van der Waals surface area contributed by atoms with Gasteiger partial charge in [0.15, 0.2) is 23.0 Å². The van der Waals surface area contributed by atoms with Crippen LogP contribution in [0.3, 0.4) is 0 Å². The van der Waals surface area contributed by atoms with E-state index in [0.29, 0.717) is 16.9 Å². The van der Waals surface area contributed by atoms with E-state index in [9.17, 15) is 14.4 Å². The summed E-state index contributed by atoms with van der Waals surface area (Å²) in [5.41, 5.74) is 1.56. The van der Waals surface area contributed by atoms with Crippen LogP contribution in [0.1, 0.15) is 16.1 Å². The third kappa shape index (κ3) is 3.34. The summed E-state index contributed by atoms with van der Waals surface area (Å²) >= 11 is 0. The molecule has 2 amide bonds. The van der Waals surface area contributed by atoms with Crippen LogP contribution in [0, 0.1) is 6.92 Å². The minimum atomic E-state index is -0.479. The van der Waals surface area contributed by atoms with Crippen LogP contribution in [0.25, 0.3) is 5.69 Å². The molecule has 12 heteroatoms. The Morgan fingerprint density at radius 2 is 1.63 bits per heavy atom. The summed E-state index contributed by atoms with van der Waals surface area (Å²) in [7, 11) is 4.80. The van der Waals surface area contributed by atoms with Crippen molar-refractivity contribution in [3.05, 3.63) is 76.5 Å². The number of carbonyl (C=O) groups excluding carboxylic acids is 2. The molecule has 1 aliphatic heterocycles. The van der Waals surface area contributed by atoms with Crippen LogP contribution in [0.5, 0.6) is 0 Å². The zero-order valence-electron chi connectivity index (χ0n) is 19.4. The first-order valence-corrected chi connectivity index (χ1v) is 10.7. The summed E-state index contributed by atoms with van der Waals surface area (Å²) in [5.74, 6) is -0.174. The standard InChI is InChI=1S/C23H21N9O3/c1-14-17(22(34)32(30(14)4)16-10-6-5-7-11-16)25-26-18-19-27-31(20(18)29(3)23(35)28(19)2)21(33)15-9-8-12-24-13-15/h5-13H,1-4H3. The Labute approximate surface area is 199 Å². The number of azo groups is 1. The fourth-order valence-electron chi connectivity index (χ4n) is 3.93. The molecule has 0 N–H and O–H groups in total. The monoisotopic (exact) mass is 471 g/mol. The SMILES string of the molecule is Cc1c(N=Nc2c3nn(C(=O)c4cccnc4)c2N(C)C(=O)N3C)c(=O)n(-c2ccccc2)n1C. The van der Waals surface area contributed by atoms with Crippen molar-refractivity contribution in [3.8, 4) is 5.69 Å². The number of fused-ring (bicyclic) bond motifs is 2. The third-order valence-corrected chi connectivity index (χ3v) is 5.90. The molecule has 5 rings (SSSR count). The third-order valence-electron chi connectivity index (χ3n) is 5.90. The molecule has 35 heavy (non-hydrogen) atoms. The highest BCUT2D eigenvalue weighted by molar-refractivity contribution is 6.13. The van der Waals surface area contributed by atoms with Crippen molar-refractivity contribution in [1.82, 2.24) is 24.1 Å². The lowest BCUT2D eigenvalue weighted by Gasteiger charge is -2.26. The zero-order chi connectivity index (χ0) is 24.9. The van der Waals surface area contributed by atoms with Gasteiger partial charge >= 0.3 is 6.03 Å². The molecule has 0 unspecified atom stereocenters. The molecule has 0 fully saturated rings. The molecule has 2 bridgehead atoms. The quantitative estimate of drug-likeness (QED) is 0.423. The van der Waals surface area contributed by atoms with E-state index < -0.39 is 5.91 Å². The smallest absolute Gasteiger partial charge is 0.283 e. The number of carbonyl (C=O) groups is 2. The molecule has 0 radical (unpaired) electrons. The number of rotatable bonds is 4. The summed E-state index contributed by atoms with van der Waals surface area (Å²) in [5, 5.41) is 12.9. The van der Waals surface area contributed by atoms with Gasteiger partial charge in [0, 0.05) is 33.5 Å². The van der Waals surface area contributed by atoms with Gasteiger partial charge in [-0.15, -0.1) is 15.3 Å². The first-order valence-electron chi connectivity index (χ1n) is 10.7. The van der Waals surface area contributed by atoms with Gasteiger partial charge in [0.05, 0.1) is 16.9 Å². The van der Waals surface area contributed by atoms with Gasteiger partial charge in [-0.1, -0.05) is 18.2 Å². The first-order chi connectivity index (χ1) is 16.8. The van der Waals surface area contributed by atoms with Gasteiger partial charge in [-0.25, -0.2) is 9.48 Å². The molecule has 3 aromatic heterocycles. The fraction of sp³-hybridized carbons (Fsp3) is 0.174. The molecule has 0 atom stereocenters. The van der Waals surface area contributed by atoms with Crippen molar-refractivity contribution < 1.29 is 9.59 Å². The lowest BCUT2D eigenvalue weighted by Crippen LogP contribution is -2.41. The second-order valence-electron chi connectivity index (χ2n) is 7.97. The maximum Gasteiger partial charge on any atom is 0.330 e. The first kappa shape index (κ1) is 21.9. The number of pyridine rings is 1. The van der Waals surface area contributed by atoms with Crippen molar-refractivity contribution in [2.75, 3.05) is 23.9 Å². The number of amides is 2. The maximum atomic E-state index is 13.2. The van der Waals surface area contributed by atoms with Crippen molar-refractivity contribution in [1.29, 1.82) is 0 Å². The molecule has 4 aromatic rings. The second-order valence-corrected chi connectivity index (χ2v) is 7.97. The van der Waals surface area contributed by atoms with Crippen LogP contribution in [0.2, 0.25) is 0 Å². The van der Waals surface area contributed by atoms with Gasteiger partial charge in [0.25, 0.3) is 11.5 Å². The lowest BCUT2D eigenvalue weighted by atomic mass is 10.2. The van der Waals surface area contributed by atoms with E-state index in [1.54, 1.807) is 37.0 Å². The van der Waals surface area contributed by atoms with Crippen molar-refractivity contribution >= 4 is 34.9 Å². The van der Waals surface area contributed by atoms with E-state index in [2.05, 4.69) is 20.3 Å². The fourth-order valence-corrected chi connectivity index (χ4v) is 3.93. The number of aromatic nitrogens is 5. The van der Waals surface area contributed by atoms with Crippen LogP contribution >= 0.6 is 0 Å². The largest absolute Gasteiger partial charge is 0.330 e. The molecule has 0 aliphatic carbocycles. The highest BCUT2D eigenvalue weighted by Crippen LogP contribution is 2.43. The highest BCUT2D eigenvalue weighted by Gasteiger charge is 2.38. The van der Waals surface area contributed by atoms with Crippen molar-refractivity contribution in [3.63, 3.8) is 0 Å². The van der Waals surface area contributed by atoms with E-state index >= 15 is 0 Å². The van der Waals surface area contributed by atoms with Crippen molar-refractivity contribution in [2.24, 2.45) is 17.3 Å². The Morgan fingerprint density at radius 1 is 0.914 bits per heavy atom. The van der Waals surface area contributed by atoms with Crippen LogP contribution < -0.4 is 15.4 Å². The van der Waals surface area contributed by atoms with Gasteiger partial charge in [-0.3, -0.25) is 29.1 Å². The molecule has 1 aromatic carbocycles. The molecule has 4 heterocycles.